The van der Waals surface area contributed by atoms with Gasteiger partial charge in [-0.05, 0) is 29.7 Å². The largest absolute Gasteiger partial charge is 0.393 e. The van der Waals surface area contributed by atoms with Crippen molar-refractivity contribution in [2.45, 2.75) is 19.1 Å². The average Bonchev–Trinajstić information content (AvgIpc) is 2.82. The molecule has 0 saturated heterocycles. The van der Waals surface area contributed by atoms with Crippen LogP contribution in [0.4, 0.5) is 0 Å². The number of rotatable bonds is 3. The number of ether oxygens (including phenoxy) is 1. The Morgan fingerprint density at radius 2 is 2.22 bits per heavy atom. The average molecular weight is 245 g/mol. The van der Waals surface area contributed by atoms with Gasteiger partial charge in [-0.3, -0.25) is 9.67 Å². The second-order valence-electron chi connectivity index (χ2n) is 4.38. The Morgan fingerprint density at radius 3 is 3.00 bits per heavy atom. The molecule has 0 saturated carbocycles. The molecular formula is C13H15N3O2. The van der Waals surface area contributed by atoms with Crippen LogP contribution in [0.25, 0.3) is 0 Å². The smallest absolute Gasteiger partial charge is 0.124 e. The number of hydrogen-bond donors (Lipinski definition) is 1. The van der Waals surface area contributed by atoms with E-state index in [2.05, 4.69) is 10.1 Å². The molecular weight excluding hydrogens is 230 g/mol. The summed E-state index contributed by atoms with van der Waals surface area (Å²) in [7, 11) is 0. The van der Waals surface area contributed by atoms with Gasteiger partial charge >= 0.3 is 0 Å². The fraction of sp³-hybridized carbons (Fsp3) is 0.385. The molecule has 5 heteroatoms. The molecule has 2 aromatic rings. The molecule has 0 aromatic carbocycles. The molecule has 3 rings (SSSR count). The Bertz CT molecular complexity index is 524. The highest BCUT2D eigenvalue weighted by atomic mass is 16.5. The maximum absolute atomic E-state index is 9.25. The summed E-state index contributed by atoms with van der Waals surface area (Å²) in [6.45, 7) is 1.35. The van der Waals surface area contributed by atoms with Crippen LogP contribution in [0.15, 0.2) is 30.7 Å². The lowest BCUT2D eigenvalue weighted by molar-refractivity contribution is 0.000440. The maximum atomic E-state index is 9.25. The van der Waals surface area contributed by atoms with Crippen molar-refractivity contribution >= 4 is 0 Å². The maximum Gasteiger partial charge on any atom is 0.124 e. The van der Waals surface area contributed by atoms with Gasteiger partial charge in [0.15, 0.2) is 0 Å². The molecule has 1 aliphatic rings. The third-order valence-corrected chi connectivity index (χ3v) is 3.13. The lowest BCUT2D eigenvalue weighted by Crippen LogP contribution is -2.18. The molecule has 0 amide bonds. The lowest BCUT2D eigenvalue weighted by Gasteiger charge is -2.19. The third-order valence-electron chi connectivity index (χ3n) is 3.13. The number of hydrogen-bond acceptors (Lipinski definition) is 4. The lowest BCUT2D eigenvalue weighted by atomic mass is 10.1. The third kappa shape index (κ3) is 2.14. The van der Waals surface area contributed by atoms with Gasteiger partial charge in [0, 0.05) is 18.6 Å². The monoisotopic (exact) mass is 245 g/mol. The van der Waals surface area contributed by atoms with Gasteiger partial charge in [0.1, 0.15) is 6.10 Å². The predicted molar refractivity (Wildman–Crippen MR) is 65.0 cm³/mol. The van der Waals surface area contributed by atoms with Gasteiger partial charge in [0.2, 0.25) is 0 Å². The van der Waals surface area contributed by atoms with Crippen molar-refractivity contribution in [1.29, 1.82) is 0 Å². The Balaban J connectivity index is 1.84. The van der Waals surface area contributed by atoms with Gasteiger partial charge in [-0.1, -0.05) is 0 Å². The fourth-order valence-electron chi connectivity index (χ4n) is 2.23. The van der Waals surface area contributed by atoms with E-state index < -0.39 is 0 Å². The number of pyridine rings is 1. The Kier molecular flexibility index (Phi) is 3.08. The van der Waals surface area contributed by atoms with E-state index in [1.807, 2.05) is 23.0 Å². The summed E-state index contributed by atoms with van der Waals surface area (Å²) in [4.78, 5) is 3.99. The second kappa shape index (κ2) is 4.88. The zero-order valence-corrected chi connectivity index (χ0v) is 9.99. The van der Waals surface area contributed by atoms with Crippen LogP contribution in [-0.4, -0.2) is 33.1 Å². The normalized spacial score (nSPS) is 18.6. The summed E-state index contributed by atoms with van der Waals surface area (Å²) < 4.78 is 7.38. The minimum absolute atomic E-state index is 0.0146. The van der Waals surface area contributed by atoms with E-state index in [0.717, 1.165) is 17.7 Å². The summed E-state index contributed by atoms with van der Waals surface area (Å²) in [5.74, 6) is 0. The minimum Gasteiger partial charge on any atom is -0.393 e. The highest BCUT2D eigenvalue weighted by Crippen LogP contribution is 2.25. The molecule has 2 aromatic heterocycles. The number of aromatic nitrogens is 3. The zero-order valence-electron chi connectivity index (χ0n) is 9.99. The van der Waals surface area contributed by atoms with Crippen LogP contribution >= 0.6 is 0 Å². The molecule has 0 bridgehead atoms. The number of aliphatic hydroxyl groups excluding tert-OH is 1. The van der Waals surface area contributed by atoms with Crippen molar-refractivity contribution in [3.8, 4) is 0 Å². The predicted octanol–water partition coefficient (Wildman–Crippen LogP) is 0.933. The van der Waals surface area contributed by atoms with Crippen LogP contribution in [0.3, 0.4) is 0 Å². The quantitative estimate of drug-likeness (QED) is 0.874. The Morgan fingerprint density at radius 1 is 1.39 bits per heavy atom. The molecule has 0 radical (unpaired) electrons. The van der Waals surface area contributed by atoms with Gasteiger partial charge in [-0.25, -0.2) is 0 Å². The molecule has 0 aliphatic carbocycles. The molecule has 1 N–H and O–H groups in total. The van der Waals surface area contributed by atoms with E-state index in [9.17, 15) is 5.11 Å². The van der Waals surface area contributed by atoms with Crippen LogP contribution < -0.4 is 0 Å². The summed E-state index contributed by atoms with van der Waals surface area (Å²) in [5.41, 5.74) is 3.21. The van der Waals surface area contributed by atoms with Gasteiger partial charge in [0.25, 0.3) is 0 Å². The Labute approximate surface area is 105 Å². The Hall–Kier alpha value is -1.72. The first kappa shape index (κ1) is 11.4. The van der Waals surface area contributed by atoms with Gasteiger partial charge in [-0.15, -0.1) is 0 Å². The van der Waals surface area contributed by atoms with Crippen molar-refractivity contribution in [1.82, 2.24) is 14.8 Å². The summed E-state index contributed by atoms with van der Waals surface area (Å²) in [6, 6.07) is 3.95. The van der Waals surface area contributed by atoms with E-state index in [1.54, 1.807) is 12.4 Å². The molecule has 94 valence electrons. The van der Waals surface area contributed by atoms with Crippen molar-refractivity contribution < 1.29 is 9.84 Å². The molecule has 0 unspecified atom stereocenters. The van der Waals surface area contributed by atoms with Crippen molar-refractivity contribution in [3.63, 3.8) is 0 Å². The van der Waals surface area contributed by atoms with E-state index in [1.165, 1.54) is 5.56 Å². The van der Waals surface area contributed by atoms with Gasteiger partial charge in [0.05, 0.1) is 25.5 Å². The SMILES string of the molecule is OC[C@@H]1OCCc2cn(Cc3ccncc3)nc21. The standard InChI is InChI=1S/C13H15N3O2/c17-9-12-13-11(3-6-18-12)8-16(15-13)7-10-1-4-14-5-2-10/h1-2,4-5,8,12,17H,3,6-7,9H2/t12-/m0/s1. The van der Waals surface area contributed by atoms with Crippen LogP contribution in [0.5, 0.6) is 0 Å². The fourth-order valence-corrected chi connectivity index (χ4v) is 2.23. The zero-order chi connectivity index (χ0) is 12.4. The molecule has 0 spiro atoms. The van der Waals surface area contributed by atoms with Crippen LogP contribution in [-0.2, 0) is 17.7 Å². The van der Waals surface area contributed by atoms with Crippen molar-refractivity contribution in [2.75, 3.05) is 13.2 Å². The van der Waals surface area contributed by atoms with Crippen LogP contribution in [0, 0.1) is 0 Å². The summed E-state index contributed by atoms with van der Waals surface area (Å²) in [5, 5.41) is 13.8. The topological polar surface area (TPSA) is 60.2 Å². The first-order chi connectivity index (χ1) is 8.86. The highest BCUT2D eigenvalue weighted by Gasteiger charge is 2.23. The van der Waals surface area contributed by atoms with Gasteiger partial charge in [-0.2, -0.15) is 5.10 Å². The van der Waals surface area contributed by atoms with E-state index in [-0.39, 0.29) is 12.7 Å². The first-order valence-corrected chi connectivity index (χ1v) is 6.04. The van der Waals surface area contributed by atoms with Crippen molar-refractivity contribution in [3.05, 3.63) is 47.5 Å². The van der Waals surface area contributed by atoms with Crippen molar-refractivity contribution in [2.24, 2.45) is 0 Å². The number of fused-ring (bicyclic) bond motifs is 1. The van der Waals surface area contributed by atoms with Gasteiger partial charge < -0.3 is 9.84 Å². The minimum atomic E-state index is -0.271. The highest BCUT2D eigenvalue weighted by molar-refractivity contribution is 5.23. The van der Waals surface area contributed by atoms with Crippen LogP contribution in [0.1, 0.15) is 22.9 Å². The van der Waals surface area contributed by atoms with E-state index in [0.29, 0.717) is 13.2 Å². The second-order valence-corrected chi connectivity index (χ2v) is 4.38. The molecule has 0 fully saturated rings. The number of nitrogens with zero attached hydrogens (tertiary/aromatic N) is 3. The van der Waals surface area contributed by atoms with E-state index >= 15 is 0 Å². The molecule has 1 aliphatic heterocycles. The number of aliphatic hydroxyl groups is 1. The van der Waals surface area contributed by atoms with Crippen LogP contribution in [0.2, 0.25) is 0 Å². The summed E-state index contributed by atoms with van der Waals surface area (Å²) >= 11 is 0. The molecule has 5 nitrogen and oxygen atoms in total. The molecule has 18 heavy (non-hydrogen) atoms. The molecule has 3 heterocycles. The van der Waals surface area contributed by atoms with E-state index in [4.69, 9.17) is 4.74 Å². The molecule has 1 atom stereocenters. The summed E-state index contributed by atoms with van der Waals surface area (Å²) in [6.07, 6.45) is 6.19. The first-order valence-electron chi connectivity index (χ1n) is 6.04.